The van der Waals surface area contributed by atoms with Crippen LogP contribution in [0.2, 0.25) is 0 Å². The van der Waals surface area contributed by atoms with Gasteiger partial charge in [-0.25, -0.2) is 0 Å². The van der Waals surface area contributed by atoms with Gasteiger partial charge in [0.05, 0.1) is 13.2 Å². The standard InChI is InChI=1S/C23H29F2N3O3.HI/c1-26-23(28-15-18-13-19(29-2)10-11-20(18)31-22(24)25)27-14-17-9-6-12-30-21(17)16-7-4-3-5-8-16;/h3-5,7-8,10-11,13,17,21-22H,6,9,12,14-15H2,1-2H3,(H2,26,27,28);1H. The molecule has 2 aromatic carbocycles. The highest BCUT2D eigenvalue weighted by Gasteiger charge is 2.27. The Morgan fingerprint density at radius 1 is 1.19 bits per heavy atom. The van der Waals surface area contributed by atoms with Crippen LogP contribution >= 0.6 is 24.0 Å². The van der Waals surface area contributed by atoms with E-state index in [2.05, 4.69) is 32.5 Å². The maximum absolute atomic E-state index is 12.7. The summed E-state index contributed by atoms with van der Waals surface area (Å²) in [5.41, 5.74) is 1.72. The molecule has 2 N–H and O–H groups in total. The molecule has 2 aromatic rings. The average Bonchev–Trinajstić information content (AvgIpc) is 2.80. The second-order valence-electron chi connectivity index (χ2n) is 7.26. The van der Waals surface area contributed by atoms with E-state index >= 15 is 0 Å². The molecule has 0 amide bonds. The highest BCUT2D eigenvalue weighted by molar-refractivity contribution is 14.0. The van der Waals surface area contributed by atoms with Crippen LogP contribution in [0.5, 0.6) is 11.5 Å². The quantitative estimate of drug-likeness (QED) is 0.277. The molecule has 6 nitrogen and oxygen atoms in total. The molecule has 1 aliphatic heterocycles. The number of ether oxygens (including phenoxy) is 3. The second kappa shape index (κ2) is 13.4. The van der Waals surface area contributed by atoms with Gasteiger partial charge < -0.3 is 24.8 Å². The molecule has 0 spiro atoms. The molecular formula is C23H30F2IN3O3. The van der Waals surface area contributed by atoms with Crippen LogP contribution in [-0.2, 0) is 11.3 Å². The van der Waals surface area contributed by atoms with Crippen molar-refractivity contribution in [2.45, 2.75) is 32.1 Å². The first-order chi connectivity index (χ1) is 15.1. The van der Waals surface area contributed by atoms with Crippen molar-refractivity contribution in [1.29, 1.82) is 0 Å². The first kappa shape index (κ1) is 26.1. The fraction of sp³-hybridized carbons (Fsp3) is 0.435. The van der Waals surface area contributed by atoms with Crippen molar-refractivity contribution >= 4 is 29.9 Å². The summed E-state index contributed by atoms with van der Waals surface area (Å²) >= 11 is 0. The predicted molar refractivity (Wildman–Crippen MR) is 131 cm³/mol. The van der Waals surface area contributed by atoms with Crippen LogP contribution in [0.4, 0.5) is 8.78 Å². The lowest BCUT2D eigenvalue weighted by Crippen LogP contribution is -2.41. The molecule has 2 unspecified atom stereocenters. The number of guanidine groups is 1. The molecule has 3 rings (SSSR count). The molecule has 0 saturated carbocycles. The van der Waals surface area contributed by atoms with Crippen molar-refractivity contribution in [2.24, 2.45) is 10.9 Å². The van der Waals surface area contributed by atoms with Crippen molar-refractivity contribution in [3.8, 4) is 11.5 Å². The van der Waals surface area contributed by atoms with Gasteiger partial charge in [-0.2, -0.15) is 8.78 Å². The summed E-state index contributed by atoms with van der Waals surface area (Å²) in [5, 5.41) is 6.50. The Kier molecular flexibility index (Phi) is 10.9. The van der Waals surface area contributed by atoms with E-state index in [0.29, 0.717) is 29.7 Å². The van der Waals surface area contributed by atoms with Gasteiger partial charge in [-0.3, -0.25) is 4.99 Å². The minimum atomic E-state index is -2.90. The Bertz CT molecular complexity index is 856. The summed E-state index contributed by atoms with van der Waals surface area (Å²) in [6, 6.07) is 14.9. The number of benzene rings is 2. The average molecular weight is 561 g/mol. The van der Waals surface area contributed by atoms with Gasteiger partial charge in [0.1, 0.15) is 11.5 Å². The normalized spacial score (nSPS) is 18.6. The van der Waals surface area contributed by atoms with Crippen LogP contribution in [0, 0.1) is 5.92 Å². The Morgan fingerprint density at radius 3 is 2.66 bits per heavy atom. The van der Waals surface area contributed by atoms with Gasteiger partial charge in [-0.15, -0.1) is 24.0 Å². The predicted octanol–water partition coefficient (Wildman–Crippen LogP) is 4.75. The minimum Gasteiger partial charge on any atom is -0.497 e. The first-order valence-electron chi connectivity index (χ1n) is 10.3. The lowest BCUT2D eigenvalue weighted by Gasteiger charge is -2.32. The van der Waals surface area contributed by atoms with Gasteiger partial charge in [-0.05, 0) is 36.6 Å². The third-order valence-electron chi connectivity index (χ3n) is 5.26. The van der Waals surface area contributed by atoms with Crippen molar-refractivity contribution in [1.82, 2.24) is 10.6 Å². The smallest absolute Gasteiger partial charge is 0.387 e. The molecule has 2 atom stereocenters. The fourth-order valence-electron chi connectivity index (χ4n) is 3.72. The van der Waals surface area contributed by atoms with E-state index in [-0.39, 0.29) is 42.4 Å². The molecule has 9 heteroatoms. The third-order valence-corrected chi connectivity index (χ3v) is 5.26. The molecule has 0 bridgehead atoms. The van der Waals surface area contributed by atoms with Crippen LogP contribution in [0.15, 0.2) is 53.5 Å². The zero-order valence-electron chi connectivity index (χ0n) is 18.2. The molecule has 1 heterocycles. The summed E-state index contributed by atoms with van der Waals surface area (Å²) in [7, 11) is 3.19. The number of methoxy groups -OCH3 is 1. The van der Waals surface area contributed by atoms with Gasteiger partial charge in [0.15, 0.2) is 5.96 Å². The van der Waals surface area contributed by atoms with E-state index in [1.807, 2.05) is 18.2 Å². The summed E-state index contributed by atoms with van der Waals surface area (Å²) in [5.74, 6) is 1.53. The van der Waals surface area contributed by atoms with Gasteiger partial charge in [0, 0.05) is 38.2 Å². The molecular weight excluding hydrogens is 531 g/mol. The van der Waals surface area contributed by atoms with Gasteiger partial charge >= 0.3 is 6.61 Å². The largest absolute Gasteiger partial charge is 0.497 e. The minimum absolute atomic E-state index is 0. The third kappa shape index (κ3) is 7.47. The van der Waals surface area contributed by atoms with Gasteiger partial charge in [-0.1, -0.05) is 30.3 Å². The lowest BCUT2D eigenvalue weighted by atomic mass is 9.89. The number of hydrogen-bond acceptors (Lipinski definition) is 4. The van der Waals surface area contributed by atoms with E-state index in [9.17, 15) is 8.78 Å². The number of rotatable bonds is 8. The number of nitrogens with zero attached hydrogens (tertiary/aromatic N) is 1. The summed E-state index contributed by atoms with van der Waals surface area (Å²) in [4.78, 5) is 4.25. The van der Waals surface area contributed by atoms with Crippen LogP contribution in [-0.4, -0.2) is 39.9 Å². The van der Waals surface area contributed by atoms with E-state index in [0.717, 1.165) is 19.4 Å². The molecule has 0 radical (unpaired) electrons. The van der Waals surface area contributed by atoms with E-state index in [1.165, 1.54) is 18.7 Å². The van der Waals surface area contributed by atoms with Gasteiger partial charge in [0.25, 0.3) is 0 Å². The zero-order valence-corrected chi connectivity index (χ0v) is 20.6. The molecule has 1 aliphatic rings. The summed E-state index contributed by atoms with van der Waals surface area (Å²) < 4.78 is 41.3. The first-order valence-corrected chi connectivity index (χ1v) is 10.3. The summed E-state index contributed by atoms with van der Waals surface area (Å²) in [6.07, 6.45) is 2.09. The van der Waals surface area contributed by atoms with Crippen LogP contribution in [0.25, 0.3) is 0 Å². The van der Waals surface area contributed by atoms with Crippen molar-refractivity contribution in [2.75, 3.05) is 27.3 Å². The highest BCUT2D eigenvalue weighted by Crippen LogP contribution is 2.33. The van der Waals surface area contributed by atoms with E-state index in [1.54, 1.807) is 19.2 Å². The lowest BCUT2D eigenvalue weighted by molar-refractivity contribution is -0.0505. The monoisotopic (exact) mass is 561 g/mol. The summed E-state index contributed by atoms with van der Waals surface area (Å²) in [6.45, 7) is -1.21. The van der Waals surface area contributed by atoms with Crippen LogP contribution in [0.1, 0.15) is 30.1 Å². The number of alkyl halides is 2. The van der Waals surface area contributed by atoms with Crippen molar-refractivity contribution in [3.05, 3.63) is 59.7 Å². The van der Waals surface area contributed by atoms with Crippen LogP contribution < -0.4 is 20.1 Å². The maximum atomic E-state index is 12.7. The maximum Gasteiger partial charge on any atom is 0.387 e. The Balaban J connectivity index is 0.00000363. The zero-order chi connectivity index (χ0) is 22.1. The molecule has 0 aliphatic carbocycles. The Hall–Kier alpha value is -2.14. The number of aliphatic imine (C=N–C) groups is 1. The molecule has 176 valence electrons. The number of halogens is 3. The van der Waals surface area contributed by atoms with E-state index < -0.39 is 6.61 Å². The second-order valence-corrected chi connectivity index (χ2v) is 7.26. The topological polar surface area (TPSA) is 64.1 Å². The Labute approximate surface area is 204 Å². The molecule has 32 heavy (non-hydrogen) atoms. The molecule has 0 aromatic heterocycles. The van der Waals surface area contributed by atoms with E-state index in [4.69, 9.17) is 9.47 Å². The van der Waals surface area contributed by atoms with Gasteiger partial charge in [0.2, 0.25) is 0 Å². The molecule has 1 fully saturated rings. The Morgan fingerprint density at radius 2 is 1.97 bits per heavy atom. The highest BCUT2D eigenvalue weighted by atomic mass is 127. The van der Waals surface area contributed by atoms with Crippen molar-refractivity contribution < 1.29 is 23.0 Å². The van der Waals surface area contributed by atoms with Crippen molar-refractivity contribution in [3.63, 3.8) is 0 Å². The molecule has 1 saturated heterocycles. The fourth-order valence-corrected chi connectivity index (χ4v) is 3.72. The number of hydrogen-bond donors (Lipinski definition) is 2. The SMILES string of the molecule is CN=C(NCc1cc(OC)ccc1OC(F)F)NCC1CCCOC1c1ccccc1.I. The van der Waals surface area contributed by atoms with Crippen LogP contribution in [0.3, 0.4) is 0 Å². The number of nitrogens with one attached hydrogen (secondary N) is 2.